The molecule has 160 valence electrons. The molecular weight excluding hydrogens is 420 g/mol. The first kappa shape index (κ1) is 20.6. The molecule has 0 radical (unpaired) electrons. The van der Waals surface area contributed by atoms with Crippen LogP contribution in [0.1, 0.15) is 11.5 Å². The van der Waals surface area contributed by atoms with Gasteiger partial charge in [-0.1, -0.05) is 5.16 Å². The van der Waals surface area contributed by atoms with Gasteiger partial charge < -0.3 is 4.52 Å². The third-order valence-corrected chi connectivity index (χ3v) is 7.02. The molecule has 0 aliphatic carbocycles. The number of nitrogens with zero attached hydrogens (tertiary/aromatic N) is 5. The highest BCUT2D eigenvalue weighted by Gasteiger charge is 2.29. The SMILES string of the molecule is Cc1nn(CN2CCN(S(=O)(=O)c3ccc(F)c(F)c3)CC2)c(=O)c2noc(C)c12. The van der Waals surface area contributed by atoms with E-state index in [0.717, 1.165) is 12.1 Å². The molecule has 0 N–H and O–H groups in total. The van der Waals surface area contributed by atoms with Crippen LogP contribution < -0.4 is 5.56 Å². The van der Waals surface area contributed by atoms with Gasteiger partial charge in [-0.2, -0.15) is 9.40 Å². The summed E-state index contributed by atoms with van der Waals surface area (Å²) in [5.41, 5.74) is 0.437. The molecule has 0 amide bonds. The van der Waals surface area contributed by atoms with Crippen molar-refractivity contribution in [2.45, 2.75) is 25.4 Å². The first-order valence-corrected chi connectivity index (χ1v) is 10.6. The van der Waals surface area contributed by atoms with Crippen molar-refractivity contribution in [3.8, 4) is 0 Å². The van der Waals surface area contributed by atoms with Crippen LogP contribution in [0.4, 0.5) is 8.78 Å². The predicted octanol–water partition coefficient (Wildman–Crippen LogP) is 1.24. The van der Waals surface area contributed by atoms with Crippen molar-refractivity contribution in [1.82, 2.24) is 24.1 Å². The van der Waals surface area contributed by atoms with Crippen LogP contribution in [0.3, 0.4) is 0 Å². The number of fused-ring (bicyclic) bond motifs is 1. The Morgan fingerprint density at radius 1 is 1.10 bits per heavy atom. The number of aromatic nitrogens is 3. The molecule has 0 atom stereocenters. The van der Waals surface area contributed by atoms with Crippen molar-refractivity contribution in [1.29, 1.82) is 0 Å². The zero-order chi connectivity index (χ0) is 21.6. The van der Waals surface area contributed by atoms with Gasteiger partial charge in [0.25, 0.3) is 5.56 Å². The highest BCUT2D eigenvalue weighted by molar-refractivity contribution is 7.89. The minimum absolute atomic E-state index is 0.139. The van der Waals surface area contributed by atoms with Crippen molar-refractivity contribution in [3.05, 3.63) is 51.6 Å². The first-order chi connectivity index (χ1) is 14.2. The van der Waals surface area contributed by atoms with Crippen LogP contribution in [0.15, 0.2) is 32.4 Å². The van der Waals surface area contributed by atoms with Crippen LogP contribution in [0.2, 0.25) is 0 Å². The maximum Gasteiger partial charge on any atom is 0.298 e. The van der Waals surface area contributed by atoms with Crippen LogP contribution in [0.25, 0.3) is 10.9 Å². The van der Waals surface area contributed by atoms with E-state index in [1.54, 1.807) is 13.8 Å². The lowest BCUT2D eigenvalue weighted by Gasteiger charge is -2.33. The van der Waals surface area contributed by atoms with Gasteiger partial charge in [0.1, 0.15) is 5.76 Å². The number of piperazine rings is 1. The normalized spacial score (nSPS) is 16.4. The Hall–Kier alpha value is -2.70. The van der Waals surface area contributed by atoms with E-state index >= 15 is 0 Å². The van der Waals surface area contributed by atoms with Gasteiger partial charge in [-0.15, -0.1) is 0 Å². The quantitative estimate of drug-likeness (QED) is 0.603. The fourth-order valence-corrected chi connectivity index (χ4v) is 4.96. The number of aryl methyl sites for hydroxylation is 2. The standard InChI is InChI=1S/C18H19F2N5O4S/c1-11-16-12(2)29-22-17(16)18(26)25(21-11)10-23-5-7-24(8-6-23)30(27,28)13-3-4-14(19)15(20)9-13/h3-4,9H,5-8,10H2,1-2H3. The summed E-state index contributed by atoms with van der Waals surface area (Å²) in [5.74, 6) is -1.80. The van der Waals surface area contributed by atoms with E-state index in [1.807, 2.05) is 4.90 Å². The Morgan fingerprint density at radius 2 is 1.80 bits per heavy atom. The Balaban J connectivity index is 1.49. The lowest BCUT2D eigenvalue weighted by Crippen LogP contribution is -2.49. The smallest absolute Gasteiger partial charge is 0.298 e. The van der Waals surface area contributed by atoms with E-state index in [-0.39, 0.29) is 35.7 Å². The van der Waals surface area contributed by atoms with Crippen LogP contribution in [-0.4, -0.2) is 58.7 Å². The molecule has 30 heavy (non-hydrogen) atoms. The van der Waals surface area contributed by atoms with Crippen molar-refractivity contribution in [3.63, 3.8) is 0 Å². The van der Waals surface area contributed by atoms with Crippen LogP contribution in [0.5, 0.6) is 0 Å². The lowest BCUT2D eigenvalue weighted by atomic mass is 10.2. The summed E-state index contributed by atoms with van der Waals surface area (Å²) in [6, 6.07) is 2.51. The second kappa shape index (κ2) is 7.52. The highest BCUT2D eigenvalue weighted by Crippen LogP contribution is 2.20. The van der Waals surface area contributed by atoms with Gasteiger partial charge in [0.15, 0.2) is 17.2 Å². The van der Waals surface area contributed by atoms with Crippen molar-refractivity contribution >= 4 is 20.9 Å². The molecule has 2 aromatic heterocycles. The van der Waals surface area contributed by atoms with E-state index in [1.165, 1.54) is 8.99 Å². The van der Waals surface area contributed by atoms with Crippen molar-refractivity contribution in [2.24, 2.45) is 0 Å². The third kappa shape index (κ3) is 3.50. The fraction of sp³-hybridized carbons (Fsp3) is 0.389. The van der Waals surface area contributed by atoms with Gasteiger partial charge >= 0.3 is 0 Å². The lowest BCUT2D eigenvalue weighted by molar-refractivity contribution is 0.143. The van der Waals surface area contributed by atoms with Gasteiger partial charge in [0, 0.05) is 26.2 Å². The second-order valence-electron chi connectivity index (χ2n) is 7.09. The molecule has 1 saturated heterocycles. The van der Waals surface area contributed by atoms with E-state index in [4.69, 9.17) is 4.52 Å². The molecule has 3 heterocycles. The molecule has 0 bridgehead atoms. The summed E-state index contributed by atoms with van der Waals surface area (Å²) in [6.45, 7) is 4.59. The molecule has 0 saturated carbocycles. The molecule has 4 rings (SSSR count). The summed E-state index contributed by atoms with van der Waals surface area (Å²) >= 11 is 0. The predicted molar refractivity (Wildman–Crippen MR) is 102 cm³/mol. The number of hydrogen-bond acceptors (Lipinski definition) is 7. The largest absolute Gasteiger partial charge is 0.360 e. The summed E-state index contributed by atoms with van der Waals surface area (Å²) in [4.78, 5) is 14.2. The number of benzene rings is 1. The third-order valence-electron chi connectivity index (χ3n) is 5.13. The Morgan fingerprint density at radius 3 is 2.47 bits per heavy atom. The Labute approximate surface area is 170 Å². The van der Waals surface area contributed by atoms with Gasteiger partial charge in [-0.05, 0) is 32.0 Å². The van der Waals surface area contributed by atoms with Gasteiger partial charge in [-0.3, -0.25) is 9.69 Å². The number of rotatable bonds is 4. The maximum absolute atomic E-state index is 13.4. The molecule has 3 aromatic rings. The zero-order valence-electron chi connectivity index (χ0n) is 16.3. The monoisotopic (exact) mass is 439 g/mol. The summed E-state index contributed by atoms with van der Waals surface area (Å²) in [6.07, 6.45) is 0. The first-order valence-electron chi connectivity index (χ1n) is 9.20. The highest BCUT2D eigenvalue weighted by atomic mass is 32.2. The van der Waals surface area contributed by atoms with Gasteiger partial charge in [0.2, 0.25) is 10.0 Å². The zero-order valence-corrected chi connectivity index (χ0v) is 17.1. The molecule has 1 fully saturated rings. The van der Waals surface area contributed by atoms with Crippen LogP contribution >= 0.6 is 0 Å². The molecule has 0 spiro atoms. The number of sulfonamides is 1. The van der Waals surface area contributed by atoms with Gasteiger partial charge in [0.05, 0.1) is 22.6 Å². The average molecular weight is 439 g/mol. The Kier molecular flexibility index (Phi) is 5.16. The molecule has 9 nitrogen and oxygen atoms in total. The molecule has 0 unspecified atom stereocenters. The maximum atomic E-state index is 13.4. The summed E-state index contributed by atoms with van der Waals surface area (Å²) in [7, 11) is -3.95. The van der Waals surface area contributed by atoms with Crippen LogP contribution in [0, 0.1) is 25.5 Å². The van der Waals surface area contributed by atoms with Crippen LogP contribution in [-0.2, 0) is 16.7 Å². The van der Waals surface area contributed by atoms with E-state index in [2.05, 4.69) is 10.3 Å². The second-order valence-corrected chi connectivity index (χ2v) is 9.03. The number of hydrogen-bond donors (Lipinski definition) is 0. The summed E-state index contributed by atoms with van der Waals surface area (Å²) < 4.78 is 59.5. The van der Waals surface area contributed by atoms with Crippen molar-refractivity contribution in [2.75, 3.05) is 26.2 Å². The average Bonchev–Trinajstić information content (AvgIpc) is 3.10. The minimum atomic E-state index is -3.95. The topological polar surface area (TPSA) is 102 Å². The van der Waals surface area contributed by atoms with Crippen molar-refractivity contribution < 1.29 is 21.7 Å². The molecule has 12 heteroatoms. The number of halogens is 2. The van der Waals surface area contributed by atoms with Gasteiger partial charge in [-0.25, -0.2) is 21.9 Å². The Bertz CT molecular complexity index is 1280. The molecule has 1 aliphatic rings. The molecule has 1 aliphatic heterocycles. The van der Waals surface area contributed by atoms with E-state index in [0.29, 0.717) is 36.0 Å². The molecule has 1 aromatic carbocycles. The summed E-state index contributed by atoms with van der Waals surface area (Å²) in [5, 5.41) is 8.72. The minimum Gasteiger partial charge on any atom is -0.360 e. The van der Waals surface area contributed by atoms with E-state index < -0.39 is 21.7 Å². The molecular formula is C18H19F2N5O4S. The fourth-order valence-electron chi connectivity index (χ4n) is 3.53. The van der Waals surface area contributed by atoms with E-state index in [9.17, 15) is 22.0 Å².